The number of rotatable bonds is 7. The van der Waals surface area contributed by atoms with Crippen molar-refractivity contribution < 1.29 is 4.74 Å². The highest BCUT2D eigenvalue weighted by molar-refractivity contribution is 7.80. The van der Waals surface area contributed by atoms with E-state index >= 15 is 0 Å². The van der Waals surface area contributed by atoms with E-state index in [1.807, 2.05) is 30.3 Å². The molecule has 0 saturated heterocycles. The molecule has 24 heavy (non-hydrogen) atoms. The first-order chi connectivity index (χ1) is 11.7. The summed E-state index contributed by atoms with van der Waals surface area (Å²) < 4.78 is 5.79. The summed E-state index contributed by atoms with van der Waals surface area (Å²) in [6, 6.07) is 16.0. The van der Waals surface area contributed by atoms with Gasteiger partial charge in [-0.25, -0.2) is 0 Å². The number of hydrazone groups is 1. The van der Waals surface area contributed by atoms with E-state index in [1.54, 1.807) is 12.3 Å². The normalized spacial score (nSPS) is 10.4. The smallest absolute Gasteiger partial charge is 0.187 e. The second-order valence-electron chi connectivity index (χ2n) is 5.22. The van der Waals surface area contributed by atoms with Crippen molar-refractivity contribution in [3.8, 4) is 5.75 Å². The number of ether oxygens (including phenoxy) is 1. The molecule has 0 aromatic heterocycles. The molecule has 0 spiro atoms. The Morgan fingerprint density at radius 2 is 2.04 bits per heavy atom. The van der Waals surface area contributed by atoms with Crippen LogP contribution >= 0.6 is 12.2 Å². The highest BCUT2D eigenvalue weighted by Gasteiger charge is 1.97. The molecule has 0 aliphatic heterocycles. The molecule has 2 rings (SSSR count). The molecule has 2 aromatic rings. The number of nitrogens with one attached hydrogen (secondary N) is 2. The van der Waals surface area contributed by atoms with Gasteiger partial charge in [-0.15, -0.1) is 6.58 Å². The van der Waals surface area contributed by atoms with E-state index in [0.29, 0.717) is 18.3 Å². The molecule has 2 N–H and O–H groups in total. The Labute approximate surface area is 148 Å². The van der Waals surface area contributed by atoms with Gasteiger partial charge in [0, 0.05) is 6.54 Å². The van der Waals surface area contributed by atoms with E-state index in [9.17, 15) is 0 Å². The number of hydrogen-bond acceptors (Lipinski definition) is 3. The predicted molar refractivity (Wildman–Crippen MR) is 103 cm³/mol. The quantitative estimate of drug-likeness (QED) is 0.350. The SMILES string of the molecule is C=CCNC(=S)NN=Cc1ccc(OCc2cccc(C)c2)cc1. The Morgan fingerprint density at radius 3 is 2.75 bits per heavy atom. The zero-order valence-corrected chi connectivity index (χ0v) is 14.5. The van der Waals surface area contributed by atoms with Crippen LogP contribution in [0.25, 0.3) is 0 Å². The van der Waals surface area contributed by atoms with E-state index in [0.717, 1.165) is 16.9 Å². The molecule has 0 aliphatic carbocycles. The first-order valence-electron chi connectivity index (χ1n) is 7.63. The molecule has 5 heteroatoms. The minimum atomic E-state index is 0.462. The third-order valence-corrected chi connectivity index (χ3v) is 3.39. The van der Waals surface area contributed by atoms with Gasteiger partial charge in [-0.3, -0.25) is 5.43 Å². The summed E-state index contributed by atoms with van der Waals surface area (Å²) in [4.78, 5) is 0. The summed E-state index contributed by atoms with van der Waals surface area (Å²) in [5.41, 5.74) is 6.09. The molecule has 0 aliphatic rings. The molecular formula is C19H21N3OS. The lowest BCUT2D eigenvalue weighted by molar-refractivity contribution is 0.306. The van der Waals surface area contributed by atoms with Crippen molar-refractivity contribution in [2.75, 3.05) is 6.54 Å². The number of aryl methyl sites for hydroxylation is 1. The lowest BCUT2D eigenvalue weighted by Crippen LogP contribution is -2.31. The maximum absolute atomic E-state index is 5.79. The highest BCUT2D eigenvalue weighted by Crippen LogP contribution is 2.14. The zero-order chi connectivity index (χ0) is 17.2. The van der Waals surface area contributed by atoms with Gasteiger partial charge in [-0.1, -0.05) is 35.9 Å². The van der Waals surface area contributed by atoms with Crippen molar-refractivity contribution >= 4 is 23.5 Å². The van der Waals surface area contributed by atoms with Gasteiger partial charge >= 0.3 is 0 Å². The standard InChI is InChI=1S/C19H21N3OS/c1-3-11-20-19(24)22-21-13-16-7-9-18(10-8-16)23-14-17-6-4-5-15(2)12-17/h3-10,12-13H,1,11,14H2,2H3,(H2,20,22,24). The molecule has 0 radical (unpaired) electrons. The molecular weight excluding hydrogens is 318 g/mol. The third-order valence-electron chi connectivity index (χ3n) is 3.15. The second-order valence-corrected chi connectivity index (χ2v) is 5.62. The molecule has 0 unspecified atom stereocenters. The fraction of sp³-hybridized carbons (Fsp3) is 0.158. The summed E-state index contributed by atoms with van der Waals surface area (Å²) in [6.45, 7) is 6.84. The summed E-state index contributed by atoms with van der Waals surface area (Å²) in [7, 11) is 0. The monoisotopic (exact) mass is 339 g/mol. The van der Waals surface area contributed by atoms with Crippen LogP contribution in [0.2, 0.25) is 0 Å². The average Bonchev–Trinajstić information content (AvgIpc) is 2.59. The third kappa shape index (κ3) is 6.22. The van der Waals surface area contributed by atoms with Crippen LogP contribution in [0.5, 0.6) is 5.75 Å². The van der Waals surface area contributed by atoms with Crippen LogP contribution in [0.3, 0.4) is 0 Å². The van der Waals surface area contributed by atoms with Crippen LogP contribution < -0.4 is 15.5 Å². The number of hydrogen-bond donors (Lipinski definition) is 2. The van der Waals surface area contributed by atoms with Gasteiger partial charge < -0.3 is 10.1 Å². The molecule has 0 saturated carbocycles. The zero-order valence-electron chi connectivity index (χ0n) is 13.7. The molecule has 4 nitrogen and oxygen atoms in total. The Kier molecular flexibility index (Phi) is 6.98. The van der Waals surface area contributed by atoms with E-state index < -0.39 is 0 Å². The van der Waals surface area contributed by atoms with Gasteiger partial charge in [0.2, 0.25) is 0 Å². The van der Waals surface area contributed by atoms with Crippen LogP contribution in [0.1, 0.15) is 16.7 Å². The first-order valence-corrected chi connectivity index (χ1v) is 8.04. The Morgan fingerprint density at radius 1 is 1.25 bits per heavy atom. The van der Waals surface area contributed by atoms with Crippen molar-refractivity contribution in [1.29, 1.82) is 0 Å². The van der Waals surface area contributed by atoms with E-state index in [1.165, 1.54) is 5.56 Å². The topological polar surface area (TPSA) is 45.7 Å². The largest absolute Gasteiger partial charge is 0.489 e. The number of nitrogens with zero attached hydrogens (tertiary/aromatic N) is 1. The molecule has 0 fully saturated rings. The Balaban J connectivity index is 1.82. The lowest BCUT2D eigenvalue weighted by Gasteiger charge is -2.07. The van der Waals surface area contributed by atoms with Gasteiger partial charge in [-0.05, 0) is 54.5 Å². The van der Waals surface area contributed by atoms with Crippen molar-refractivity contribution in [3.05, 3.63) is 77.9 Å². The van der Waals surface area contributed by atoms with E-state index in [2.05, 4.69) is 47.5 Å². The van der Waals surface area contributed by atoms with Crippen LogP contribution in [0.15, 0.2) is 66.3 Å². The molecule has 0 heterocycles. The molecule has 124 valence electrons. The fourth-order valence-electron chi connectivity index (χ4n) is 1.99. The minimum Gasteiger partial charge on any atom is -0.489 e. The van der Waals surface area contributed by atoms with Gasteiger partial charge in [-0.2, -0.15) is 5.10 Å². The minimum absolute atomic E-state index is 0.462. The molecule has 2 aromatic carbocycles. The summed E-state index contributed by atoms with van der Waals surface area (Å²) in [5, 5.41) is 7.47. The second kappa shape index (κ2) is 9.47. The van der Waals surface area contributed by atoms with Gasteiger partial charge in [0.1, 0.15) is 12.4 Å². The molecule has 0 atom stereocenters. The molecule has 0 bridgehead atoms. The predicted octanol–water partition coefficient (Wildman–Crippen LogP) is 3.56. The van der Waals surface area contributed by atoms with Crippen molar-refractivity contribution in [2.45, 2.75) is 13.5 Å². The van der Waals surface area contributed by atoms with E-state index in [-0.39, 0.29) is 0 Å². The van der Waals surface area contributed by atoms with Crippen molar-refractivity contribution in [2.24, 2.45) is 5.10 Å². The summed E-state index contributed by atoms with van der Waals surface area (Å²) in [5.74, 6) is 0.824. The van der Waals surface area contributed by atoms with Gasteiger partial charge in [0.15, 0.2) is 5.11 Å². The van der Waals surface area contributed by atoms with Crippen molar-refractivity contribution in [3.63, 3.8) is 0 Å². The maximum Gasteiger partial charge on any atom is 0.187 e. The Hall–Kier alpha value is -2.66. The molecule has 0 amide bonds. The highest BCUT2D eigenvalue weighted by atomic mass is 32.1. The summed E-state index contributed by atoms with van der Waals surface area (Å²) in [6.07, 6.45) is 3.43. The fourth-order valence-corrected chi connectivity index (χ4v) is 2.12. The Bertz CT molecular complexity index is 711. The van der Waals surface area contributed by atoms with Gasteiger partial charge in [0.05, 0.1) is 6.21 Å². The van der Waals surface area contributed by atoms with Crippen LogP contribution in [0, 0.1) is 6.92 Å². The lowest BCUT2D eigenvalue weighted by atomic mass is 10.1. The first kappa shape index (κ1) is 17.7. The summed E-state index contributed by atoms with van der Waals surface area (Å²) >= 11 is 5.04. The van der Waals surface area contributed by atoms with Crippen molar-refractivity contribution in [1.82, 2.24) is 10.7 Å². The van der Waals surface area contributed by atoms with Crippen LogP contribution in [-0.2, 0) is 6.61 Å². The number of benzene rings is 2. The van der Waals surface area contributed by atoms with Gasteiger partial charge in [0.25, 0.3) is 0 Å². The maximum atomic E-state index is 5.79. The number of thiocarbonyl (C=S) groups is 1. The van der Waals surface area contributed by atoms with Crippen LogP contribution in [0.4, 0.5) is 0 Å². The van der Waals surface area contributed by atoms with Crippen LogP contribution in [-0.4, -0.2) is 17.9 Å². The average molecular weight is 339 g/mol. The van der Waals surface area contributed by atoms with E-state index in [4.69, 9.17) is 17.0 Å².